The molecular weight excluding hydrogens is 421 g/mol. The van der Waals surface area contributed by atoms with Crippen molar-refractivity contribution < 1.29 is 18.7 Å². The number of halogens is 1. The fraction of sp³-hybridized carbons (Fsp3) is 0.231. The molecule has 4 aromatic rings. The third-order valence-electron chi connectivity index (χ3n) is 5.50. The second-order valence-corrected chi connectivity index (χ2v) is 7.66. The summed E-state index contributed by atoms with van der Waals surface area (Å²) in [5.74, 6) is 1.60. The molecule has 0 saturated heterocycles. The molecule has 0 aliphatic carbocycles. The first kappa shape index (κ1) is 22.3. The molecular formula is C26H26FN3O3. The SMILES string of the molecule is COc1ccc(C(=O)NCCCc2nc3ccccc3n2Cc2ccc(F)cc2)cc1OC. The Bertz CT molecular complexity index is 1250. The first-order valence-corrected chi connectivity index (χ1v) is 10.8. The van der Waals surface area contributed by atoms with E-state index in [0.717, 1.165) is 28.8 Å². The Balaban J connectivity index is 1.42. The number of hydrogen-bond donors (Lipinski definition) is 1. The van der Waals surface area contributed by atoms with Crippen LogP contribution in [0.4, 0.5) is 4.39 Å². The average Bonchev–Trinajstić information content (AvgIpc) is 3.19. The number of nitrogens with one attached hydrogen (secondary N) is 1. The van der Waals surface area contributed by atoms with Gasteiger partial charge >= 0.3 is 0 Å². The number of benzene rings is 3. The zero-order valence-corrected chi connectivity index (χ0v) is 18.7. The van der Waals surface area contributed by atoms with E-state index < -0.39 is 0 Å². The number of imidazole rings is 1. The maximum atomic E-state index is 13.3. The number of hydrogen-bond acceptors (Lipinski definition) is 4. The number of fused-ring (bicyclic) bond motifs is 1. The van der Waals surface area contributed by atoms with Crippen LogP contribution in [0.2, 0.25) is 0 Å². The van der Waals surface area contributed by atoms with Crippen LogP contribution < -0.4 is 14.8 Å². The number of nitrogens with zero attached hydrogens (tertiary/aromatic N) is 2. The maximum Gasteiger partial charge on any atom is 0.251 e. The Morgan fingerprint density at radius 2 is 1.76 bits per heavy atom. The van der Waals surface area contributed by atoms with Gasteiger partial charge in [-0.3, -0.25) is 4.79 Å². The Morgan fingerprint density at radius 1 is 1.00 bits per heavy atom. The zero-order valence-electron chi connectivity index (χ0n) is 18.7. The Kier molecular flexibility index (Phi) is 6.88. The molecule has 7 heteroatoms. The normalized spacial score (nSPS) is 10.9. The molecule has 1 aromatic heterocycles. The highest BCUT2D eigenvalue weighted by Gasteiger charge is 2.13. The minimum atomic E-state index is -0.250. The van der Waals surface area contributed by atoms with Crippen molar-refractivity contribution in [2.24, 2.45) is 0 Å². The van der Waals surface area contributed by atoms with Crippen LogP contribution in [-0.4, -0.2) is 36.2 Å². The number of ether oxygens (including phenoxy) is 2. The predicted octanol–water partition coefficient (Wildman–Crippen LogP) is 4.60. The van der Waals surface area contributed by atoms with Crippen molar-refractivity contribution in [1.29, 1.82) is 0 Å². The highest BCUT2D eigenvalue weighted by molar-refractivity contribution is 5.94. The lowest BCUT2D eigenvalue weighted by molar-refractivity contribution is 0.0952. The van der Waals surface area contributed by atoms with Gasteiger partial charge in [0.25, 0.3) is 5.91 Å². The van der Waals surface area contributed by atoms with Crippen LogP contribution in [0.25, 0.3) is 11.0 Å². The van der Waals surface area contributed by atoms with Gasteiger partial charge < -0.3 is 19.4 Å². The lowest BCUT2D eigenvalue weighted by Crippen LogP contribution is -2.25. The molecule has 6 nitrogen and oxygen atoms in total. The summed E-state index contributed by atoms with van der Waals surface area (Å²) in [4.78, 5) is 17.3. The van der Waals surface area contributed by atoms with E-state index in [2.05, 4.69) is 9.88 Å². The topological polar surface area (TPSA) is 65.4 Å². The van der Waals surface area contributed by atoms with Crippen molar-refractivity contribution in [2.45, 2.75) is 19.4 Å². The molecule has 0 saturated carbocycles. The van der Waals surface area contributed by atoms with Gasteiger partial charge in [-0.25, -0.2) is 9.37 Å². The monoisotopic (exact) mass is 447 g/mol. The van der Waals surface area contributed by atoms with Gasteiger partial charge in [-0.2, -0.15) is 0 Å². The van der Waals surface area contributed by atoms with E-state index >= 15 is 0 Å². The number of aromatic nitrogens is 2. The van der Waals surface area contributed by atoms with Gasteiger partial charge in [0.05, 0.1) is 25.3 Å². The summed E-state index contributed by atoms with van der Waals surface area (Å²) < 4.78 is 25.9. The quantitative estimate of drug-likeness (QED) is 0.381. The van der Waals surface area contributed by atoms with Gasteiger partial charge in [0.15, 0.2) is 11.5 Å². The lowest BCUT2D eigenvalue weighted by atomic mass is 10.2. The van der Waals surface area contributed by atoms with Crippen LogP contribution in [0, 0.1) is 5.82 Å². The number of aryl methyl sites for hydroxylation is 1. The van der Waals surface area contributed by atoms with E-state index in [1.54, 1.807) is 37.4 Å². The van der Waals surface area contributed by atoms with E-state index in [1.165, 1.54) is 19.2 Å². The molecule has 0 spiro atoms. The average molecular weight is 448 g/mol. The van der Waals surface area contributed by atoms with Crippen molar-refractivity contribution in [1.82, 2.24) is 14.9 Å². The summed E-state index contributed by atoms with van der Waals surface area (Å²) in [6, 6.07) is 19.6. The van der Waals surface area contributed by atoms with Crippen molar-refractivity contribution in [2.75, 3.05) is 20.8 Å². The molecule has 0 radical (unpaired) electrons. The second kappa shape index (κ2) is 10.2. The van der Waals surface area contributed by atoms with Gasteiger partial charge in [-0.15, -0.1) is 0 Å². The first-order valence-electron chi connectivity index (χ1n) is 10.8. The van der Waals surface area contributed by atoms with Gasteiger partial charge in [0.2, 0.25) is 0 Å². The van der Waals surface area contributed by atoms with E-state index in [-0.39, 0.29) is 11.7 Å². The van der Waals surface area contributed by atoms with E-state index in [4.69, 9.17) is 14.5 Å². The van der Waals surface area contributed by atoms with E-state index in [1.807, 2.05) is 24.3 Å². The molecule has 0 aliphatic rings. The number of carbonyl (C=O) groups excluding carboxylic acids is 1. The van der Waals surface area contributed by atoms with Crippen LogP contribution in [0.1, 0.15) is 28.2 Å². The van der Waals surface area contributed by atoms with Gasteiger partial charge in [-0.1, -0.05) is 24.3 Å². The third kappa shape index (κ3) is 5.14. The fourth-order valence-electron chi connectivity index (χ4n) is 3.79. The Labute approximate surface area is 192 Å². The summed E-state index contributed by atoms with van der Waals surface area (Å²) in [6.07, 6.45) is 1.42. The highest BCUT2D eigenvalue weighted by atomic mass is 19.1. The zero-order chi connectivity index (χ0) is 23.2. The minimum Gasteiger partial charge on any atom is -0.493 e. The smallest absolute Gasteiger partial charge is 0.251 e. The second-order valence-electron chi connectivity index (χ2n) is 7.66. The molecule has 0 fully saturated rings. The largest absolute Gasteiger partial charge is 0.493 e. The number of para-hydroxylation sites is 2. The Morgan fingerprint density at radius 3 is 2.52 bits per heavy atom. The van der Waals surface area contributed by atoms with Crippen molar-refractivity contribution in [3.63, 3.8) is 0 Å². The number of methoxy groups -OCH3 is 2. The summed E-state index contributed by atoms with van der Waals surface area (Å²) in [5, 5.41) is 2.95. The summed E-state index contributed by atoms with van der Waals surface area (Å²) in [5.41, 5.74) is 3.47. The number of carbonyl (C=O) groups is 1. The molecule has 0 bridgehead atoms. The molecule has 1 amide bonds. The summed E-state index contributed by atoms with van der Waals surface area (Å²) in [6.45, 7) is 1.11. The van der Waals surface area contributed by atoms with Crippen LogP contribution in [0.15, 0.2) is 66.7 Å². The molecule has 1 N–H and O–H groups in total. The molecule has 4 rings (SSSR count). The van der Waals surface area contributed by atoms with Gasteiger partial charge in [0.1, 0.15) is 11.6 Å². The highest BCUT2D eigenvalue weighted by Crippen LogP contribution is 2.27. The molecule has 3 aromatic carbocycles. The van der Waals surface area contributed by atoms with Gasteiger partial charge in [-0.05, 0) is 54.4 Å². The van der Waals surface area contributed by atoms with E-state index in [0.29, 0.717) is 36.6 Å². The predicted molar refractivity (Wildman–Crippen MR) is 125 cm³/mol. The van der Waals surface area contributed by atoms with Crippen LogP contribution in [-0.2, 0) is 13.0 Å². The molecule has 1 heterocycles. The number of amides is 1. The van der Waals surface area contributed by atoms with Crippen molar-refractivity contribution in [3.8, 4) is 11.5 Å². The van der Waals surface area contributed by atoms with Crippen LogP contribution in [0.5, 0.6) is 11.5 Å². The third-order valence-corrected chi connectivity index (χ3v) is 5.50. The summed E-state index contributed by atoms with van der Waals surface area (Å²) >= 11 is 0. The Hall–Kier alpha value is -3.87. The molecule has 33 heavy (non-hydrogen) atoms. The molecule has 0 unspecified atom stereocenters. The maximum absolute atomic E-state index is 13.3. The molecule has 0 atom stereocenters. The van der Waals surface area contributed by atoms with E-state index in [9.17, 15) is 9.18 Å². The molecule has 0 aliphatic heterocycles. The lowest BCUT2D eigenvalue weighted by Gasteiger charge is -2.11. The summed E-state index contributed by atoms with van der Waals surface area (Å²) in [7, 11) is 3.10. The number of rotatable bonds is 9. The van der Waals surface area contributed by atoms with Gasteiger partial charge in [0, 0.05) is 25.1 Å². The standard InChI is InChI=1S/C26H26FN3O3/c1-32-23-14-11-19(16-24(23)33-2)26(31)28-15-5-8-25-29-21-6-3-4-7-22(21)30(25)17-18-9-12-20(27)13-10-18/h3-4,6-7,9-14,16H,5,8,15,17H2,1-2H3,(H,28,31). The van der Waals surface area contributed by atoms with Crippen LogP contribution in [0.3, 0.4) is 0 Å². The minimum absolute atomic E-state index is 0.171. The van der Waals surface area contributed by atoms with Crippen LogP contribution >= 0.6 is 0 Å². The fourth-order valence-corrected chi connectivity index (χ4v) is 3.79. The van der Waals surface area contributed by atoms with Crippen molar-refractivity contribution in [3.05, 3.63) is 89.5 Å². The molecule has 170 valence electrons. The first-order chi connectivity index (χ1) is 16.1. The van der Waals surface area contributed by atoms with Crippen molar-refractivity contribution >= 4 is 16.9 Å².